The third-order valence-electron chi connectivity index (χ3n) is 3.59. The van der Waals surface area contributed by atoms with Gasteiger partial charge in [0.1, 0.15) is 11.6 Å². The first-order valence-electron chi connectivity index (χ1n) is 8.02. The summed E-state index contributed by atoms with van der Waals surface area (Å²) in [4.78, 5) is 27.7. The lowest BCUT2D eigenvalue weighted by Gasteiger charge is -2.06. The van der Waals surface area contributed by atoms with E-state index in [4.69, 9.17) is 9.47 Å². The number of carbonyl (C=O) groups is 2. The van der Waals surface area contributed by atoms with E-state index in [1.165, 1.54) is 24.3 Å². The maximum atomic E-state index is 13.0. The second-order valence-corrected chi connectivity index (χ2v) is 5.99. The molecule has 0 saturated heterocycles. The van der Waals surface area contributed by atoms with Crippen LogP contribution in [-0.4, -0.2) is 17.8 Å². The number of rotatable bonds is 4. The Morgan fingerprint density at radius 2 is 1.77 bits per heavy atom. The van der Waals surface area contributed by atoms with Gasteiger partial charge in [-0.25, -0.2) is 14.2 Å². The van der Waals surface area contributed by atoms with Crippen molar-refractivity contribution in [2.45, 2.75) is 13.8 Å². The monoisotopic (exact) mass is 353 g/mol. The second kappa shape index (κ2) is 7.31. The van der Waals surface area contributed by atoms with E-state index < -0.39 is 5.97 Å². The normalized spacial score (nSPS) is 15.2. The summed E-state index contributed by atoms with van der Waals surface area (Å²) in [5, 5.41) is 0. The van der Waals surface area contributed by atoms with Crippen LogP contribution in [0.1, 0.15) is 25.0 Å². The molecule has 2 aromatic carbocycles. The van der Waals surface area contributed by atoms with E-state index in [9.17, 15) is 14.0 Å². The van der Waals surface area contributed by atoms with Crippen LogP contribution in [-0.2, 0) is 14.3 Å². The predicted molar refractivity (Wildman–Crippen MR) is 93.9 cm³/mol. The molecular formula is C20H16FNO4. The first kappa shape index (κ1) is 17.5. The largest absolute Gasteiger partial charge is 0.426 e. The third-order valence-corrected chi connectivity index (χ3v) is 3.59. The van der Waals surface area contributed by atoms with Gasteiger partial charge in [-0.2, -0.15) is 0 Å². The summed E-state index contributed by atoms with van der Waals surface area (Å²) in [5.74, 6) is -0.945. The molecule has 0 radical (unpaired) electrons. The van der Waals surface area contributed by atoms with Crippen LogP contribution >= 0.6 is 0 Å². The summed E-state index contributed by atoms with van der Waals surface area (Å²) in [5.41, 5.74) is 1.35. The van der Waals surface area contributed by atoms with Gasteiger partial charge in [0.05, 0.1) is 5.92 Å². The van der Waals surface area contributed by atoms with Gasteiger partial charge in [-0.15, -0.1) is 0 Å². The number of aliphatic imine (C=N–C) groups is 1. The van der Waals surface area contributed by atoms with E-state index in [2.05, 4.69) is 4.99 Å². The Kier molecular flexibility index (Phi) is 4.93. The summed E-state index contributed by atoms with van der Waals surface area (Å²) in [6, 6.07) is 12.2. The molecule has 0 fully saturated rings. The fourth-order valence-electron chi connectivity index (χ4n) is 2.15. The SMILES string of the molecule is CC(C)C(=O)Oc1ccc(/C=C2\N=C(c3ccc(F)cc3)OC2=O)cc1. The smallest absolute Gasteiger partial charge is 0.363 e. The van der Waals surface area contributed by atoms with Crippen LogP contribution in [0, 0.1) is 11.7 Å². The van der Waals surface area contributed by atoms with Crippen LogP contribution in [0.3, 0.4) is 0 Å². The fourth-order valence-corrected chi connectivity index (χ4v) is 2.15. The van der Waals surface area contributed by atoms with Crippen molar-refractivity contribution in [1.82, 2.24) is 0 Å². The average molecular weight is 353 g/mol. The molecule has 1 aliphatic rings. The van der Waals surface area contributed by atoms with E-state index in [0.29, 0.717) is 16.9 Å². The van der Waals surface area contributed by atoms with Crippen LogP contribution < -0.4 is 4.74 Å². The van der Waals surface area contributed by atoms with Gasteiger partial charge < -0.3 is 9.47 Å². The lowest BCUT2D eigenvalue weighted by molar-refractivity contribution is -0.137. The standard InChI is InChI=1S/C20H16FNO4/c1-12(2)19(23)25-16-9-3-13(4-10-16)11-17-20(24)26-18(22-17)14-5-7-15(21)8-6-14/h3-12H,1-2H3/b17-11-. The molecule has 0 N–H and O–H groups in total. The predicted octanol–water partition coefficient (Wildman–Crippen LogP) is 3.73. The number of hydrogen-bond donors (Lipinski definition) is 0. The minimum atomic E-state index is -0.584. The number of hydrogen-bond acceptors (Lipinski definition) is 5. The molecule has 0 amide bonds. The Balaban J connectivity index is 1.77. The quantitative estimate of drug-likeness (QED) is 0.477. The topological polar surface area (TPSA) is 65.0 Å². The van der Waals surface area contributed by atoms with Crippen molar-refractivity contribution >= 4 is 23.9 Å². The van der Waals surface area contributed by atoms with E-state index in [-0.39, 0.29) is 29.3 Å². The number of cyclic esters (lactones) is 1. The Hall–Kier alpha value is -3.28. The first-order chi connectivity index (χ1) is 12.4. The van der Waals surface area contributed by atoms with E-state index in [1.54, 1.807) is 44.2 Å². The van der Waals surface area contributed by atoms with E-state index >= 15 is 0 Å². The molecule has 0 atom stereocenters. The Morgan fingerprint density at radius 1 is 1.12 bits per heavy atom. The second-order valence-electron chi connectivity index (χ2n) is 5.99. The molecule has 6 heteroatoms. The number of esters is 2. The van der Waals surface area contributed by atoms with Gasteiger partial charge in [-0.05, 0) is 48.0 Å². The highest BCUT2D eigenvalue weighted by molar-refractivity contribution is 6.12. The zero-order chi connectivity index (χ0) is 18.7. The summed E-state index contributed by atoms with van der Waals surface area (Å²) in [6.45, 7) is 3.51. The molecule has 26 heavy (non-hydrogen) atoms. The molecule has 0 saturated carbocycles. The Bertz CT molecular complexity index is 896. The zero-order valence-electron chi connectivity index (χ0n) is 14.2. The molecule has 0 aromatic heterocycles. The highest BCUT2D eigenvalue weighted by Crippen LogP contribution is 2.21. The maximum Gasteiger partial charge on any atom is 0.363 e. The zero-order valence-corrected chi connectivity index (χ0v) is 14.2. The molecule has 0 bridgehead atoms. The highest BCUT2D eigenvalue weighted by atomic mass is 19.1. The molecule has 0 aliphatic carbocycles. The van der Waals surface area contributed by atoms with Crippen LogP contribution in [0.2, 0.25) is 0 Å². The van der Waals surface area contributed by atoms with Crippen LogP contribution in [0.4, 0.5) is 4.39 Å². The Morgan fingerprint density at radius 3 is 2.38 bits per heavy atom. The number of halogens is 1. The fraction of sp³-hybridized carbons (Fsp3) is 0.150. The number of nitrogens with zero attached hydrogens (tertiary/aromatic N) is 1. The lowest BCUT2D eigenvalue weighted by atomic mass is 10.2. The van der Waals surface area contributed by atoms with Gasteiger partial charge in [-0.3, -0.25) is 4.79 Å². The van der Waals surface area contributed by atoms with Crippen molar-refractivity contribution < 1.29 is 23.5 Å². The van der Waals surface area contributed by atoms with Crippen molar-refractivity contribution in [2.75, 3.05) is 0 Å². The van der Waals surface area contributed by atoms with Gasteiger partial charge in [0, 0.05) is 5.56 Å². The van der Waals surface area contributed by atoms with E-state index in [0.717, 1.165) is 0 Å². The molecule has 1 aliphatic heterocycles. The molecule has 1 heterocycles. The van der Waals surface area contributed by atoms with Crippen molar-refractivity contribution in [2.24, 2.45) is 10.9 Å². The third kappa shape index (κ3) is 4.03. The first-order valence-corrected chi connectivity index (χ1v) is 8.02. The molecule has 3 rings (SSSR count). The van der Waals surface area contributed by atoms with Crippen molar-refractivity contribution in [3.63, 3.8) is 0 Å². The van der Waals surface area contributed by atoms with Crippen molar-refractivity contribution in [1.29, 1.82) is 0 Å². The van der Waals surface area contributed by atoms with Crippen LogP contribution in [0.5, 0.6) is 5.75 Å². The van der Waals surface area contributed by atoms with E-state index in [1.807, 2.05) is 0 Å². The highest BCUT2D eigenvalue weighted by Gasteiger charge is 2.24. The maximum absolute atomic E-state index is 13.0. The molecule has 0 unspecified atom stereocenters. The number of ether oxygens (including phenoxy) is 2. The Labute approximate surface area is 149 Å². The molecule has 0 spiro atoms. The van der Waals surface area contributed by atoms with Crippen molar-refractivity contribution in [3.05, 3.63) is 71.2 Å². The lowest BCUT2D eigenvalue weighted by Crippen LogP contribution is -2.14. The summed E-state index contributed by atoms with van der Waals surface area (Å²) in [7, 11) is 0. The van der Waals surface area contributed by atoms with Crippen LogP contribution in [0.25, 0.3) is 6.08 Å². The minimum absolute atomic E-state index is 0.128. The van der Waals surface area contributed by atoms with Gasteiger partial charge in [0.25, 0.3) is 0 Å². The van der Waals surface area contributed by atoms with Gasteiger partial charge in [-0.1, -0.05) is 26.0 Å². The number of benzene rings is 2. The molecule has 5 nitrogen and oxygen atoms in total. The summed E-state index contributed by atoms with van der Waals surface area (Å²) >= 11 is 0. The summed E-state index contributed by atoms with van der Waals surface area (Å²) in [6.07, 6.45) is 1.56. The molecule has 132 valence electrons. The average Bonchev–Trinajstić information content (AvgIpc) is 2.98. The summed E-state index contributed by atoms with van der Waals surface area (Å²) < 4.78 is 23.3. The molecular weight excluding hydrogens is 337 g/mol. The van der Waals surface area contributed by atoms with Gasteiger partial charge in [0.2, 0.25) is 5.90 Å². The minimum Gasteiger partial charge on any atom is -0.426 e. The van der Waals surface area contributed by atoms with Gasteiger partial charge in [0.15, 0.2) is 5.70 Å². The van der Waals surface area contributed by atoms with Gasteiger partial charge >= 0.3 is 11.9 Å². The van der Waals surface area contributed by atoms with Crippen LogP contribution in [0.15, 0.2) is 59.2 Å². The van der Waals surface area contributed by atoms with Crippen molar-refractivity contribution in [3.8, 4) is 5.75 Å². The molecule has 2 aromatic rings. The number of carbonyl (C=O) groups excluding carboxylic acids is 2.